The van der Waals surface area contributed by atoms with Crippen LogP contribution in [0.4, 0.5) is 9.59 Å². The molecule has 0 fully saturated rings. The lowest BCUT2D eigenvalue weighted by atomic mass is 10.7. The first kappa shape index (κ1) is 14.9. The minimum Gasteiger partial charge on any atom is -0.338 e. The molecule has 10 nitrogen and oxygen atoms in total. The number of hydrogen-bond acceptors (Lipinski definition) is 6. The number of carbonyl (C=O) groups is 2. The Morgan fingerprint density at radius 3 is 2.47 bits per heavy atom. The van der Waals surface area contributed by atoms with E-state index in [9.17, 15) is 18.0 Å². The average molecular weight is 290 g/mol. The predicted molar refractivity (Wildman–Crippen MR) is 63.9 cm³/mol. The van der Waals surface area contributed by atoms with Crippen LogP contribution in [0.25, 0.3) is 0 Å². The highest BCUT2D eigenvalue weighted by Gasteiger charge is 2.26. The van der Waals surface area contributed by atoms with E-state index in [0.717, 1.165) is 6.33 Å². The van der Waals surface area contributed by atoms with Gasteiger partial charge in [0.15, 0.2) is 0 Å². The summed E-state index contributed by atoms with van der Waals surface area (Å²) >= 11 is 0. The van der Waals surface area contributed by atoms with Crippen LogP contribution in [0.15, 0.2) is 11.5 Å². The van der Waals surface area contributed by atoms with Gasteiger partial charge in [-0.3, -0.25) is 0 Å². The molecule has 0 aromatic carbocycles. The van der Waals surface area contributed by atoms with Gasteiger partial charge in [-0.15, -0.1) is 9.78 Å². The summed E-state index contributed by atoms with van der Waals surface area (Å²) in [5, 5.41) is 7.45. The topological polar surface area (TPSA) is 135 Å². The number of urea groups is 1. The molecular formula is C8H14N6O4S. The molecule has 19 heavy (non-hydrogen) atoms. The Kier molecular flexibility index (Phi) is 4.80. The Balaban J connectivity index is 2.99. The lowest BCUT2D eigenvalue weighted by molar-refractivity contribution is 0.237. The van der Waals surface area contributed by atoms with Crippen LogP contribution < -0.4 is 15.4 Å². The Bertz CT molecular complexity index is 566. The second-order valence-corrected chi connectivity index (χ2v) is 4.83. The van der Waals surface area contributed by atoms with E-state index in [4.69, 9.17) is 0 Å². The van der Waals surface area contributed by atoms with Gasteiger partial charge in [0.05, 0.1) is 0 Å². The molecule has 0 bridgehead atoms. The van der Waals surface area contributed by atoms with Gasteiger partial charge >= 0.3 is 22.1 Å². The molecule has 1 aromatic rings. The predicted octanol–water partition coefficient (Wildman–Crippen LogP) is -1.14. The SMILES string of the molecule is CCNC(=O)NS(=O)(=O)c1ncnn1C(=O)NCC. The van der Waals surface area contributed by atoms with Gasteiger partial charge in [0.25, 0.3) is 5.16 Å². The molecule has 0 saturated carbocycles. The molecule has 0 spiro atoms. The van der Waals surface area contributed by atoms with Crippen molar-refractivity contribution in [3.8, 4) is 0 Å². The Morgan fingerprint density at radius 1 is 1.26 bits per heavy atom. The first-order chi connectivity index (χ1) is 8.92. The molecule has 0 aliphatic heterocycles. The van der Waals surface area contributed by atoms with Crippen LogP contribution in [0, 0.1) is 0 Å². The summed E-state index contributed by atoms with van der Waals surface area (Å²) in [7, 11) is -4.27. The van der Waals surface area contributed by atoms with Crippen molar-refractivity contribution in [2.45, 2.75) is 19.0 Å². The third-order valence-corrected chi connectivity index (χ3v) is 3.05. The molecule has 0 saturated heterocycles. The van der Waals surface area contributed by atoms with Gasteiger partial charge in [0, 0.05) is 13.1 Å². The Hall–Kier alpha value is -2.17. The van der Waals surface area contributed by atoms with Crippen molar-refractivity contribution in [3.05, 3.63) is 6.33 Å². The maximum Gasteiger partial charge on any atom is 0.344 e. The molecule has 0 radical (unpaired) electrons. The monoisotopic (exact) mass is 290 g/mol. The zero-order valence-electron chi connectivity index (χ0n) is 10.4. The van der Waals surface area contributed by atoms with Crippen molar-refractivity contribution < 1.29 is 18.0 Å². The zero-order valence-corrected chi connectivity index (χ0v) is 11.2. The van der Waals surface area contributed by atoms with E-state index < -0.39 is 27.2 Å². The number of sulfonamides is 1. The first-order valence-electron chi connectivity index (χ1n) is 5.41. The number of amides is 3. The lowest BCUT2D eigenvalue weighted by Gasteiger charge is -2.07. The van der Waals surface area contributed by atoms with Crippen LogP contribution in [0.2, 0.25) is 0 Å². The van der Waals surface area contributed by atoms with Gasteiger partial charge in [-0.2, -0.15) is 8.42 Å². The number of hydrogen-bond donors (Lipinski definition) is 3. The number of rotatable bonds is 4. The van der Waals surface area contributed by atoms with Gasteiger partial charge in [0.1, 0.15) is 6.33 Å². The molecular weight excluding hydrogens is 276 g/mol. The molecule has 106 valence electrons. The van der Waals surface area contributed by atoms with Crippen LogP contribution in [0.3, 0.4) is 0 Å². The largest absolute Gasteiger partial charge is 0.344 e. The van der Waals surface area contributed by atoms with E-state index in [1.165, 1.54) is 0 Å². The first-order valence-corrected chi connectivity index (χ1v) is 6.89. The van der Waals surface area contributed by atoms with Crippen molar-refractivity contribution in [2.24, 2.45) is 0 Å². The molecule has 1 rings (SSSR count). The third-order valence-electron chi connectivity index (χ3n) is 1.84. The number of aromatic nitrogens is 3. The standard InChI is InChI=1S/C8H14N6O4S/c1-3-9-6(15)13-19(17,18)8-11-5-12-14(8)7(16)10-4-2/h5H,3-4H2,1-2H3,(H,10,16)(H2,9,13,15). The third kappa shape index (κ3) is 3.64. The Morgan fingerprint density at radius 2 is 1.89 bits per heavy atom. The molecule has 0 unspecified atom stereocenters. The molecule has 0 atom stereocenters. The summed E-state index contributed by atoms with van der Waals surface area (Å²) in [4.78, 5) is 26.2. The molecule has 11 heteroatoms. The van der Waals surface area contributed by atoms with Crippen molar-refractivity contribution in [1.29, 1.82) is 0 Å². The van der Waals surface area contributed by atoms with Gasteiger partial charge in [0.2, 0.25) is 0 Å². The van der Waals surface area contributed by atoms with E-state index in [0.29, 0.717) is 11.2 Å². The van der Waals surface area contributed by atoms with Crippen LogP contribution in [0.5, 0.6) is 0 Å². The molecule has 1 aromatic heterocycles. The smallest absolute Gasteiger partial charge is 0.338 e. The molecule has 1 heterocycles. The normalized spacial score (nSPS) is 10.8. The summed E-state index contributed by atoms with van der Waals surface area (Å²) in [5.41, 5.74) is 0. The fourth-order valence-corrected chi connectivity index (χ4v) is 2.10. The highest BCUT2D eigenvalue weighted by Crippen LogP contribution is 2.03. The summed E-state index contributed by atoms with van der Waals surface area (Å²) in [6.45, 7) is 3.84. The fraction of sp³-hybridized carbons (Fsp3) is 0.500. The van der Waals surface area contributed by atoms with Gasteiger partial charge in [-0.25, -0.2) is 19.3 Å². The fourth-order valence-electron chi connectivity index (χ4n) is 1.14. The molecule has 0 aliphatic rings. The summed E-state index contributed by atoms with van der Waals surface area (Å²) < 4.78 is 25.9. The lowest BCUT2D eigenvalue weighted by Crippen LogP contribution is -2.41. The highest BCUT2D eigenvalue weighted by molar-refractivity contribution is 7.89. The minimum absolute atomic E-state index is 0.254. The molecule has 3 N–H and O–H groups in total. The Labute approximate surface area is 109 Å². The van der Waals surface area contributed by atoms with E-state index in [2.05, 4.69) is 20.7 Å². The van der Waals surface area contributed by atoms with Gasteiger partial charge in [-0.05, 0) is 13.8 Å². The number of nitrogens with one attached hydrogen (secondary N) is 3. The number of carbonyl (C=O) groups excluding carboxylic acids is 2. The van der Waals surface area contributed by atoms with E-state index >= 15 is 0 Å². The maximum absolute atomic E-state index is 11.8. The van der Waals surface area contributed by atoms with Gasteiger partial charge in [-0.1, -0.05) is 0 Å². The van der Waals surface area contributed by atoms with Crippen LogP contribution in [-0.4, -0.2) is 48.3 Å². The van der Waals surface area contributed by atoms with Crippen LogP contribution in [0.1, 0.15) is 13.8 Å². The highest BCUT2D eigenvalue weighted by atomic mass is 32.2. The van der Waals surface area contributed by atoms with Crippen LogP contribution in [-0.2, 0) is 10.0 Å². The quantitative estimate of drug-likeness (QED) is 0.641. The average Bonchev–Trinajstić information content (AvgIpc) is 2.78. The zero-order chi connectivity index (χ0) is 14.5. The minimum atomic E-state index is -4.27. The van der Waals surface area contributed by atoms with Crippen molar-refractivity contribution in [1.82, 2.24) is 30.1 Å². The summed E-state index contributed by atoms with van der Waals surface area (Å²) in [5.74, 6) is 0. The second-order valence-electron chi connectivity index (χ2n) is 3.25. The van der Waals surface area contributed by atoms with E-state index in [1.807, 2.05) is 0 Å². The second kappa shape index (κ2) is 6.13. The molecule has 0 aliphatic carbocycles. The molecule has 3 amide bonds. The van der Waals surface area contributed by atoms with Gasteiger partial charge < -0.3 is 10.6 Å². The van der Waals surface area contributed by atoms with E-state index in [-0.39, 0.29) is 6.54 Å². The van der Waals surface area contributed by atoms with Crippen molar-refractivity contribution in [2.75, 3.05) is 13.1 Å². The van der Waals surface area contributed by atoms with Crippen molar-refractivity contribution >= 4 is 22.1 Å². The van der Waals surface area contributed by atoms with Crippen LogP contribution >= 0.6 is 0 Å². The van der Waals surface area contributed by atoms with Crippen molar-refractivity contribution in [3.63, 3.8) is 0 Å². The maximum atomic E-state index is 11.8. The number of nitrogens with zero attached hydrogens (tertiary/aromatic N) is 3. The summed E-state index contributed by atoms with van der Waals surface area (Å²) in [6.07, 6.45) is 0.904. The summed E-state index contributed by atoms with van der Waals surface area (Å²) in [6, 6.07) is -1.66. The van der Waals surface area contributed by atoms with E-state index in [1.54, 1.807) is 18.6 Å².